The van der Waals surface area contributed by atoms with Crippen molar-refractivity contribution in [3.05, 3.63) is 35.1 Å². The summed E-state index contributed by atoms with van der Waals surface area (Å²) in [6.07, 6.45) is 0.825. The second-order valence-electron chi connectivity index (χ2n) is 6.26. The van der Waals surface area contributed by atoms with Crippen molar-refractivity contribution in [2.75, 3.05) is 26.3 Å². The molecule has 4 heteroatoms. The first-order valence-electron chi connectivity index (χ1n) is 7.24. The van der Waals surface area contributed by atoms with E-state index in [1.165, 1.54) is 0 Å². The molecule has 0 aliphatic carbocycles. The minimum absolute atomic E-state index is 0.0521. The van der Waals surface area contributed by atoms with Crippen LogP contribution in [0, 0.1) is 12.7 Å². The van der Waals surface area contributed by atoms with Crippen molar-refractivity contribution in [3.63, 3.8) is 0 Å². The monoisotopic (exact) mass is 280 g/mol. The Hall–Kier alpha value is -0.970. The maximum Gasteiger partial charge on any atom is 0.126 e. The fourth-order valence-electron chi connectivity index (χ4n) is 2.61. The van der Waals surface area contributed by atoms with Crippen molar-refractivity contribution in [3.8, 4) is 0 Å². The number of nitrogens with zero attached hydrogens (tertiary/aromatic N) is 1. The molecule has 1 fully saturated rings. The van der Waals surface area contributed by atoms with Crippen molar-refractivity contribution in [1.29, 1.82) is 0 Å². The fraction of sp³-hybridized carbons (Fsp3) is 0.625. The van der Waals surface area contributed by atoms with Crippen LogP contribution in [0.2, 0.25) is 0 Å². The molecule has 2 N–H and O–H groups in total. The molecule has 1 aliphatic rings. The lowest BCUT2D eigenvalue weighted by molar-refractivity contribution is -0.0517. The van der Waals surface area contributed by atoms with Gasteiger partial charge in [0.2, 0.25) is 0 Å². The van der Waals surface area contributed by atoms with Gasteiger partial charge in [-0.3, -0.25) is 4.90 Å². The van der Waals surface area contributed by atoms with Crippen LogP contribution < -0.4 is 5.73 Å². The van der Waals surface area contributed by atoms with Gasteiger partial charge in [0.1, 0.15) is 5.82 Å². The summed E-state index contributed by atoms with van der Waals surface area (Å²) < 4.78 is 19.1. The van der Waals surface area contributed by atoms with Gasteiger partial charge in [0.15, 0.2) is 0 Å². The second-order valence-corrected chi connectivity index (χ2v) is 6.26. The molecule has 0 aromatic heterocycles. The molecule has 0 saturated carbocycles. The molecule has 0 amide bonds. The molecule has 3 nitrogen and oxygen atoms in total. The molecule has 1 aromatic carbocycles. The van der Waals surface area contributed by atoms with E-state index in [-0.39, 0.29) is 17.4 Å². The van der Waals surface area contributed by atoms with E-state index in [0.717, 1.165) is 38.3 Å². The van der Waals surface area contributed by atoms with Gasteiger partial charge in [0.05, 0.1) is 13.2 Å². The minimum Gasteiger partial charge on any atom is -0.378 e. The van der Waals surface area contributed by atoms with Crippen LogP contribution in [-0.4, -0.2) is 36.7 Å². The lowest BCUT2D eigenvalue weighted by atomic mass is 9.99. The number of nitrogens with two attached hydrogens (primary N) is 1. The summed E-state index contributed by atoms with van der Waals surface area (Å²) >= 11 is 0. The van der Waals surface area contributed by atoms with Gasteiger partial charge in [-0.2, -0.15) is 0 Å². The molecule has 0 spiro atoms. The Balaban J connectivity index is 1.94. The Bertz CT molecular complexity index is 462. The Labute approximate surface area is 120 Å². The van der Waals surface area contributed by atoms with E-state index in [2.05, 4.69) is 18.7 Å². The van der Waals surface area contributed by atoms with Crippen molar-refractivity contribution < 1.29 is 9.13 Å². The standard InChI is InChI=1S/C16H25FN2O/c1-12-4-5-13(10-14(12)17)15(18)6-7-19-8-9-20-11-16(19,2)3/h4-5,10,15H,6-9,11,18H2,1-3H3. The summed E-state index contributed by atoms with van der Waals surface area (Å²) in [5, 5.41) is 0. The number of halogens is 1. The molecule has 1 aliphatic heterocycles. The highest BCUT2D eigenvalue weighted by Gasteiger charge is 2.30. The molecule has 2 rings (SSSR count). The Morgan fingerprint density at radius 3 is 2.85 bits per heavy atom. The molecule has 1 unspecified atom stereocenters. The van der Waals surface area contributed by atoms with Gasteiger partial charge >= 0.3 is 0 Å². The smallest absolute Gasteiger partial charge is 0.126 e. The summed E-state index contributed by atoms with van der Waals surface area (Å²) in [5.41, 5.74) is 7.78. The van der Waals surface area contributed by atoms with Crippen molar-refractivity contribution in [2.45, 2.75) is 38.8 Å². The molecule has 112 valence electrons. The average molecular weight is 280 g/mol. The number of hydrogen-bond acceptors (Lipinski definition) is 3. The number of morpholine rings is 1. The first-order chi connectivity index (χ1) is 9.40. The summed E-state index contributed by atoms with van der Waals surface area (Å²) in [7, 11) is 0. The van der Waals surface area contributed by atoms with Gasteiger partial charge < -0.3 is 10.5 Å². The van der Waals surface area contributed by atoms with Crippen molar-refractivity contribution >= 4 is 0 Å². The summed E-state index contributed by atoms with van der Waals surface area (Å²) in [6, 6.07) is 5.16. The maximum absolute atomic E-state index is 13.6. The second kappa shape index (κ2) is 6.20. The first-order valence-corrected chi connectivity index (χ1v) is 7.24. The number of hydrogen-bond donors (Lipinski definition) is 1. The van der Waals surface area contributed by atoms with E-state index >= 15 is 0 Å². The van der Waals surface area contributed by atoms with Crippen LogP contribution in [0.3, 0.4) is 0 Å². The molecule has 1 aromatic rings. The highest BCUT2D eigenvalue weighted by molar-refractivity contribution is 5.25. The topological polar surface area (TPSA) is 38.5 Å². The van der Waals surface area contributed by atoms with Crippen molar-refractivity contribution in [1.82, 2.24) is 4.90 Å². The average Bonchev–Trinajstić information content (AvgIpc) is 2.40. The summed E-state index contributed by atoms with van der Waals surface area (Å²) in [6.45, 7) is 9.50. The van der Waals surface area contributed by atoms with E-state index in [1.54, 1.807) is 19.1 Å². The van der Waals surface area contributed by atoms with E-state index in [0.29, 0.717) is 5.56 Å². The molecule has 20 heavy (non-hydrogen) atoms. The van der Waals surface area contributed by atoms with Crippen LogP contribution in [0.25, 0.3) is 0 Å². The first kappa shape index (κ1) is 15.4. The van der Waals surface area contributed by atoms with E-state index in [4.69, 9.17) is 10.5 Å². The third-order valence-electron chi connectivity index (χ3n) is 4.15. The summed E-state index contributed by atoms with van der Waals surface area (Å²) in [5.74, 6) is -0.176. The molecule has 1 heterocycles. The van der Waals surface area contributed by atoms with Gasteiger partial charge in [-0.25, -0.2) is 4.39 Å². The fourth-order valence-corrected chi connectivity index (χ4v) is 2.61. The number of rotatable bonds is 4. The third kappa shape index (κ3) is 3.57. The highest BCUT2D eigenvalue weighted by Crippen LogP contribution is 2.22. The molecule has 1 atom stereocenters. The zero-order valence-corrected chi connectivity index (χ0v) is 12.7. The number of benzene rings is 1. The predicted octanol–water partition coefficient (Wildman–Crippen LogP) is 2.63. The molecule has 1 saturated heterocycles. The van der Waals surface area contributed by atoms with Gasteiger partial charge in [0, 0.05) is 24.7 Å². The summed E-state index contributed by atoms with van der Waals surface area (Å²) in [4.78, 5) is 2.40. The maximum atomic E-state index is 13.6. The molecule has 0 radical (unpaired) electrons. The predicted molar refractivity (Wildman–Crippen MR) is 79.2 cm³/mol. The Kier molecular flexibility index (Phi) is 4.78. The normalized spacial score (nSPS) is 20.9. The van der Waals surface area contributed by atoms with E-state index in [1.807, 2.05) is 6.07 Å². The zero-order valence-electron chi connectivity index (χ0n) is 12.7. The molecular formula is C16H25FN2O. The molecule has 0 bridgehead atoms. The van der Waals surface area contributed by atoms with Crippen LogP contribution in [0.1, 0.15) is 37.4 Å². The van der Waals surface area contributed by atoms with Crippen molar-refractivity contribution in [2.24, 2.45) is 5.73 Å². The van der Waals surface area contributed by atoms with Crippen LogP contribution in [0.5, 0.6) is 0 Å². The van der Waals surface area contributed by atoms with Gasteiger partial charge in [-0.1, -0.05) is 12.1 Å². The van der Waals surface area contributed by atoms with Gasteiger partial charge in [-0.15, -0.1) is 0 Å². The van der Waals surface area contributed by atoms with Crippen LogP contribution in [0.4, 0.5) is 4.39 Å². The van der Waals surface area contributed by atoms with Crippen LogP contribution >= 0.6 is 0 Å². The van der Waals surface area contributed by atoms with E-state index < -0.39 is 0 Å². The lowest BCUT2D eigenvalue weighted by Gasteiger charge is -2.42. The number of aryl methyl sites for hydroxylation is 1. The zero-order chi connectivity index (χ0) is 14.8. The van der Waals surface area contributed by atoms with E-state index in [9.17, 15) is 4.39 Å². The SMILES string of the molecule is Cc1ccc(C(N)CCN2CCOCC2(C)C)cc1F. The molecular weight excluding hydrogens is 255 g/mol. The minimum atomic E-state index is -0.176. The lowest BCUT2D eigenvalue weighted by Crippen LogP contribution is -2.53. The number of ether oxygens (including phenoxy) is 1. The Morgan fingerprint density at radius 2 is 2.20 bits per heavy atom. The largest absolute Gasteiger partial charge is 0.378 e. The highest BCUT2D eigenvalue weighted by atomic mass is 19.1. The van der Waals surface area contributed by atoms with Crippen LogP contribution in [0.15, 0.2) is 18.2 Å². The van der Waals surface area contributed by atoms with Gasteiger partial charge in [-0.05, 0) is 44.4 Å². The van der Waals surface area contributed by atoms with Crippen LogP contribution in [-0.2, 0) is 4.74 Å². The third-order valence-corrected chi connectivity index (χ3v) is 4.15. The Morgan fingerprint density at radius 1 is 1.45 bits per heavy atom. The van der Waals surface area contributed by atoms with Gasteiger partial charge in [0.25, 0.3) is 0 Å². The quantitative estimate of drug-likeness (QED) is 0.921.